The molecule has 8 heteroatoms. The standard InChI is InChI=1S/C24H24ClN5O2/c1-15(31)30(14-16-2-3-16)22-8-6-18(10-20(22)25)21-7-5-19(13-27-21)24(32)29-12-17-4-9-23(26)28-11-17/h4-11,13,16H,2-3,12,14H2,1H3,(H2,26,28)(H,29,32). The zero-order chi connectivity index (χ0) is 22.7. The van der Waals surface area contributed by atoms with Crippen LogP contribution in [-0.2, 0) is 11.3 Å². The highest BCUT2D eigenvalue weighted by molar-refractivity contribution is 6.34. The second kappa shape index (κ2) is 9.36. The summed E-state index contributed by atoms with van der Waals surface area (Å²) >= 11 is 6.51. The number of aromatic nitrogens is 2. The van der Waals surface area contributed by atoms with Crippen molar-refractivity contribution in [2.24, 2.45) is 5.92 Å². The summed E-state index contributed by atoms with van der Waals surface area (Å²) in [6.07, 6.45) is 5.46. The van der Waals surface area contributed by atoms with Crippen LogP contribution in [0.2, 0.25) is 5.02 Å². The lowest BCUT2D eigenvalue weighted by atomic mass is 10.1. The Bertz CT molecular complexity index is 1130. The van der Waals surface area contributed by atoms with Gasteiger partial charge in [-0.25, -0.2) is 4.98 Å². The van der Waals surface area contributed by atoms with Crippen molar-refractivity contribution in [3.8, 4) is 11.3 Å². The average Bonchev–Trinajstić information content (AvgIpc) is 3.61. The fourth-order valence-corrected chi connectivity index (χ4v) is 3.65. The highest BCUT2D eigenvalue weighted by Gasteiger charge is 2.27. The number of carbonyl (C=O) groups is 2. The van der Waals surface area contributed by atoms with E-state index in [9.17, 15) is 9.59 Å². The average molecular weight is 450 g/mol. The third-order valence-corrected chi connectivity index (χ3v) is 5.68. The number of hydrogen-bond acceptors (Lipinski definition) is 5. The second-order valence-electron chi connectivity index (χ2n) is 7.95. The summed E-state index contributed by atoms with van der Waals surface area (Å²) in [7, 11) is 0. The molecule has 0 radical (unpaired) electrons. The minimum Gasteiger partial charge on any atom is -0.384 e. The number of nitrogen functional groups attached to an aromatic ring is 1. The van der Waals surface area contributed by atoms with Crippen LogP contribution in [0, 0.1) is 5.92 Å². The highest BCUT2D eigenvalue weighted by atomic mass is 35.5. The zero-order valence-corrected chi connectivity index (χ0v) is 18.5. The summed E-state index contributed by atoms with van der Waals surface area (Å²) in [4.78, 5) is 34.7. The molecule has 1 aliphatic rings. The van der Waals surface area contributed by atoms with Gasteiger partial charge in [-0.2, -0.15) is 0 Å². The highest BCUT2D eigenvalue weighted by Crippen LogP contribution is 2.35. The molecule has 1 fully saturated rings. The Kier molecular flexibility index (Phi) is 6.37. The molecule has 3 N–H and O–H groups in total. The predicted octanol–water partition coefficient (Wildman–Crippen LogP) is 4.07. The van der Waals surface area contributed by atoms with Gasteiger partial charge in [0, 0.05) is 38.0 Å². The molecule has 4 rings (SSSR count). The molecule has 0 unspecified atom stereocenters. The number of carbonyl (C=O) groups excluding carboxylic acids is 2. The van der Waals surface area contributed by atoms with Gasteiger partial charge in [-0.15, -0.1) is 0 Å². The third-order valence-electron chi connectivity index (χ3n) is 5.38. The lowest BCUT2D eigenvalue weighted by molar-refractivity contribution is -0.116. The Hall–Kier alpha value is -3.45. The van der Waals surface area contributed by atoms with Crippen molar-refractivity contribution in [3.63, 3.8) is 0 Å². The maximum absolute atomic E-state index is 12.4. The van der Waals surface area contributed by atoms with Gasteiger partial charge in [0.2, 0.25) is 5.91 Å². The molecule has 164 valence electrons. The number of anilines is 2. The van der Waals surface area contributed by atoms with Gasteiger partial charge in [0.25, 0.3) is 5.91 Å². The largest absolute Gasteiger partial charge is 0.384 e. The van der Waals surface area contributed by atoms with E-state index >= 15 is 0 Å². The number of amides is 2. The van der Waals surface area contributed by atoms with E-state index in [1.165, 1.54) is 6.20 Å². The number of nitrogens with one attached hydrogen (secondary N) is 1. The van der Waals surface area contributed by atoms with Crippen LogP contribution in [0.3, 0.4) is 0 Å². The molecule has 0 aliphatic heterocycles. The minimum absolute atomic E-state index is 0.0187. The van der Waals surface area contributed by atoms with Crippen molar-refractivity contribution in [2.75, 3.05) is 17.2 Å². The monoisotopic (exact) mass is 449 g/mol. The number of benzene rings is 1. The van der Waals surface area contributed by atoms with Gasteiger partial charge in [-0.3, -0.25) is 14.6 Å². The maximum atomic E-state index is 12.4. The molecule has 0 atom stereocenters. The molecule has 1 aromatic carbocycles. The summed E-state index contributed by atoms with van der Waals surface area (Å²) < 4.78 is 0. The van der Waals surface area contributed by atoms with E-state index in [4.69, 9.17) is 17.3 Å². The van der Waals surface area contributed by atoms with Gasteiger partial charge in [-0.05, 0) is 54.7 Å². The number of nitrogens with zero attached hydrogens (tertiary/aromatic N) is 3. The van der Waals surface area contributed by atoms with Gasteiger partial charge >= 0.3 is 0 Å². The Labute approximate surface area is 191 Å². The number of hydrogen-bond donors (Lipinski definition) is 2. The molecule has 2 aromatic heterocycles. The fourth-order valence-electron chi connectivity index (χ4n) is 3.36. The van der Waals surface area contributed by atoms with E-state index in [1.54, 1.807) is 42.3 Å². The number of pyridine rings is 2. The van der Waals surface area contributed by atoms with Crippen LogP contribution >= 0.6 is 11.6 Å². The van der Waals surface area contributed by atoms with Crippen LogP contribution < -0.4 is 16.0 Å². The first-order valence-electron chi connectivity index (χ1n) is 10.4. The number of halogens is 1. The summed E-state index contributed by atoms with van der Waals surface area (Å²) in [5.74, 6) is 0.748. The van der Waals surface area contributed by atoms with Gasteiger partial charge in [0.1, 0.15) is 5.82 Å². The van der Waals surface area contributed by atoms with Gasteiger partial charge in [-0.1, -0.05) is 23.7 Å². The van der Waals surface area contributed by atoms with Crippen LogP contribution in [0.5, 0.6) is 0 Å². The molecule has 7 nitrogen and oxygen atoms in total. The number of nitrogens with two attached hydrogens (primary N) is 1. The van der Waals surface area contributed by atoms with E-state index in [1.807, 2.05) is 18.2 Å². The SMILES string of the molecule is CC(=O)N(CC1CC1)c1ccc(-c2ccc(C(=O)NCc3ccc(N)nc3)cn2)cc1Cl. The fraction of sp³-hybridized carbons (Fsp3) is 0.250. The molecular weight excluding hydrogens is 426 g/mol. The maximum Gasteiger partial charge on any atom is 0.253 e. The quantitative estimate of drug-likeness (QED) is 0.566. The molecule has 32 heavy (non-hydrogen) atoms. The van der Waals surface area contributed by atoms with Crippen LogP contribution in [0.15, 0.2) is 54.9 Å². The summed E-state index contributed by atoms with van der Waals surface area (Å²) in [5, 5.41) is 3.33. The van der Waals surface area contributed by atoms with E-state index < -0.39 is 0 Å². The topological polar surface area (TPSA) is 101 Å². The third kappa shape index (κ3) is 5.23. The first kappa shape index (κ1) is 21.8. The first-order chi connectivity index (χ1) is 15.4. The molecule has 3 aromatic rings. The predicted molar refractivity (Wildman–Crippen MR) is 125 cm³/mol. The second-order valence-corrected chi connectivity index (χ2v) is 8.35. The van der Waals surface area contributed by atoms with Crippen LogP contribution in [0.25, 0.3) is 11.3 Å². The Morgan fingerprint density at radius 3 is 2.53 bits per heavy atom. The van der Waals surface area contributed by atoms with Gasteiger partial charge in [0.05, 0.1) is 22.0 Å². The Morgan fingerprint density at radius 2 is 1.94 bits per heavy atom. The molecule has 1 aliphatic carbocycles. The lowest BCUT2D eigenvalue weighted by Crippen LogP contribution is -2.30. The smallest absolute Gasteiger partial charge is 0.253 e. The van der Waals surface area contributed by atoms with Crippen molar-refractivity contribution >= 4 is 34.9 Å². The van der Waals surface area contributed by atoms with Crippen LogP contribution in [0.1, 0.15) is 35.7 Å². The molecule has 0 saturated heterocycles. The molecular formula is C24H24ClN5O2. The molecule has 2 heterocycles. The summed E-state index contributed by atoms with van der Waals surface area (Å²) in [6.45, 7) is 2.60. The first-order valence-corrected chi connectivity index (χ1v) is 10.8. The molecule has 0 bridgehead atoms. The van der Waals surface area contributed by atoms with E-state index in [-0.39, 0.29) is 11.8 Å². The minimum atomic E-state index is -0.230. The van der Waals surface area contributed by atoms with E-state index in [2.05, 4.69) is 15.3 Å². The van der Waals surface area contributed by atoms with E-state index in [0.29, 0.717) is 46.8 Å². The molecule has 0 spiro atoms. The Balaban J connectivity index is 1.43. The Morgan fingerprint density at radius 1 is 1.12 bits per heavy atom. The van der Waals surface area contributed by atoms with Crippen LogP contribution in [0.4, 0.5) is 11.5 Å². The molecule has 1 saturated carbocycles. The number of rotatable bonds is 7. The van der Waals surface area contributed by atoms with Crippen molar-refractivity contribution in [2.45, 2.75) is 26.3 Å². The van der Waals surface area contributed by atoms with Gasteiger partial charge in [0.15, 0.2) is 0 Å². The van der Waals surface area contributed by atoms with Crippen LogP contribution in [-0.4, -0.2) is 28.3 Å². The van der Waals surface area contributed by atoms with E-state index in [0.717, 1.165) is 24.0 Å². The van der Waals surface area contributed by atoms with Crippen molar-refractivity contribution < 1.29 is 9.59 Å². The molecule has 2 amide bonds. The lowest BCUT2D eigenvalue weighted by Gasteiger charge is -2.22. The summed E-state index contributed by atoms with van der Waals surface area (Å²) in [6, 6.07) is 12.5. The van der Waals surface area contributed by atoms with Crippen molar-refractivity contribution in [3.05, 3.63) is 71.0 Å². The van der Waals surface area contributed by atoms with Gasteiger partial charge < -0.3 is 16.0 Å². The van der Waals surface area contributed by atoms with Crippen molar-refractivity contribution in [1.29, 1.82) is 0 Å². The zero-order valence-electron chi connectivity index (χ0n) is 17.7. The summed E-state index contributed by atoms with van der Waals surface area (Å²) in [5.41, 5.74) is 9.09. The normalized spacial score (nSPS) is 12.9. The van der Waals surface area contributed by atoms with Crippen molar-refractivity contribution in [1.82, 2.24) is 15.3 Å².